The largest absolute Gasteiger partial charge is 0.460 e. The fourth-order valence-corrected chi connectivity index (χ4v) is 4.44. The van der Waals surface area contributed by atoms with Crippen LogP contribution in [0.4, 0.5) is 5.13 Å². The number of thiophene rings is 1. The summed E-state index contributed by atoms with van der Waals surface area (Å²) in [5.74, 6) is 1.25. The molecule has 0 fully saturated rings. The number of carbonyl (C=O) groups excluding carboxylic acids is 1. The van der Waals surface area contributed by atoms with Crippen LogP contribution in [0.2, 0.25) is 5.02 Å². The Bertz CT molecular complexity index is 1050. The number of benzene rings is 1. The number of furan rings is 1. The van der Waals surface area contributed by atoms with Crippen molar-refractivity contribution in [2.75, 3.05) is 5.32 Å². The fraction of sp³-hybridized carbons (Fsp3) is 0.0588. The summed E-state index contributed by atoms with van der Waals surface area (Å²) >= 11 is 9.06. The number of aryl methyl sites for hydroxylation is 1. The molecule has 0 spiro atoms. The Balaban J connectivity index is 1.59. The van der Waals surface area contributed by atoms with Gasteiger partial charge in [0.1, 0.15) is 16.3 Å². The zero-order chi connectivity index (χ0) is 16.7. The Kier molecular flexibility index (Phi) is 3.88. The van der Waals surface area contributed by atoms with E-state index in [1.165, 1.54) is 22.7 Å². The molecule has 3 aromatic heterocycles. The minimum absolute atomic E-state index is 0.252. The monoisotopic (exact) mass is 374 g/mol. The molecule has 24 heavy (non-hydrogen) atoms. The lowest BCUT2D eigenvalue weighted by molar-refractivity contribution is 0.103. The second-order valence-electron chi connectivity index (χ2n) is 5.14. The SMILES string of the molecule is Cc1ccc(-c2csc(NC(=O)c3sc4ccccc4c3Cl)n2)o1. The molecule has 0 unspecified atom stereocenters. The Morgan fingerprint density at radius 3 is 2.83 bits per heavy atom. The summed E-state index contributed by atoms with van der Waals surface area (Å²) < 4.78 is 6.53. The van der Waals surface area contributed by atoms with Crippen LogP contribution >= 0.6 is 34.3 Å². The van der Waals surface area contributed by atoms with Gasteiger partial charge in [0.05, 0.1) is 5.02 Å². The summed E-state index contributed by atoms with van der Waals surface area (Å²) in [4.78, 5) is 17.4. The standard InChI is InChI=1S/C17H11ClN2O2S2/c1-9-6-7-12(22-9)11-8-23-17(19-11)20-16(21)15-14(18)10-4-2-3-5-13(10)24-15/h2-8H,1H3,(H,19,20,21). The van der Waals surface area contributed by atoms with Crippen LogP contribution in [0.25, 0.3) is 21.5 Å². The van der Waals surface area contributed by atoms with Crippen LogP contribution in [-0.4, -0.2) is 10.9 Å². The maximum absolute atomic E-state index is 12.5. The van der Waals surface area contributed by atoms with E-state index < -0.39 is 0 Å². The quantitative estimate of drug-likeness (QED) is 0.490. The van der Waals surface area contributed by atoms with Gasteiger partial charge in [-0.2, -0.15) is 0 Å². The van der Waals surface area contributed by atoms with Crippen molar-refractivity contribution in [1.82, 2.24) is 4.98 Å². The molecule has 4 nitrogen and oxygen atoms in total. The van der Waals surface area contributed by atoms with Gasteiger partial charge in [-0.05, 0) is 25.1 Å². The van der Waals surface area contributed by atoms with Crippen molar-refractivity contribution in [3.63, 3.8) is 0 Å². The van der Waals surface area contributed by atoms with Crippen molar-refractivity contribution in [2.24, 2.45) is 0 Å². The molecular weight excluding hydrogens is 364 g/mol. The average Bonchev–Trinajstić information content (AvgIpc) is 3.27. The highest BCUT2D eigenvalue weighted by Crippen LogP contribution is 2.36. The van der Waals surface area contributed by atoms with E-state index in [0.29, 0.717) is 26.5 Å². The lowest BCUT2D eigenvalue weighted by Gasteiger charge is -1.99. The maximum Gasteiger partial charge on any atom is 0.269 e. The molecule has 0 saturated carbocycles. The van der Waals surface area contributed by atoms with E-state index in [1.54, 1.807) is 0 Å². The average molecular weight is 375 g/mol. The molecular formula is C17H11ClN2O2S2. The van der Waals surface area contributed by atoms with Crippen LogP contribution in [0.15, 0.2) is 46.2 Å². The molecule has 0 aliphatic rings. The first-order chi connectivity index (χ1) is 11.6. The van der Waals surface area contributed by atoms with Crippen LogP contribution < -0.4 is 5.32 Å². The molecule has 0 bridgehead atoms. The molecule has 4 aromatic rings. The molecule has 1 aromatic carbocycles. The summed E-state index contributed by atoms with van der Waals surface area (Å²) in [6.45, 7) is 1.88. The van der Waals surface area contributed by atoms with E-state index in [4.69, 9.17) is 16.0 Å². The number of nitrogens with one attached hydrogen (secondary N) is 1. The molecule has 1 N–H and O–H groups in total. The first-order valence-electron chi connectivity index (χ1n) is 7.12. The number of hydrogen-bond acceptors (Lipinski definition) is 5. The van der Waals surface area contributed by atoms with Crippen LogP contribution in [0.1, 0.15) is 15.4 Å². The van der Waals surface area contributed by atoms with Gasteiger partial charge in [-0.3, -0.25) is 10.1 Å². The third-order valence-electron chi connectivity index (χ3n) is 3.46. The van der Waals surface area contributed by atoms with Gasteiger partial charge in [0.25, 0.3) is 5.91 Å². The van der Waals surface area contributed by atoms with Crippen molar-refractivity contribution in [1.29, 1.82) is 0 Å². The Morgan fingerprint density at radius 1 is 1.25 bits per heavy atom. The molecule has 1 amide bonds. The highest BCUT2D eigenvalue weighted by molar-refractivity contribution is 7.21. The minimum Gasteiger partial charge on any atom is -0.460 e. The van der Waals surface area contributed by atoms with E-state index in [1.807, 2.05) is 48.7 Å². The smallest absolute Gasteiger partial charge is 0.269 e. The lowest BCUT2D eigenvalue weighted by Crippen LogP contribution is -2.10. The molecule has 4 rings (SSSR count). The number of rotatable bonds is 3. The number of nitrogens with zero attached hydrogens (tertiary/aromatic N) is 1. The lowest BCUT2D eigenvalue weighted by atomic mass is 10.2. The number of halogens is 1. The zero-order valence-corrected chi connectivity index (χ0v) is 14.9. The number of aromatic nitrogens is 1. The van der Waals surface area contributed by atoms with Gasteiger partial charge in [-0.25, -0.2) is 4.98 Å². The molecule has 3 heterocycles. The third-order valence-corrected chi connectivity index (χ3v) is 5.89. The van der Waals surface area contributed by atoms with E-state index in [0.717, 1.165) is 15.8 Å². The van der Waals surface area contributed by atoms with Gasteiger partial charge in [0.15, 0.2) is 10.9 Å². The summed E-state index contributed by atoms with van der Waals surface area (Å²) in [5, 5.41) is 6.54. The zero-order valence-electron chi connectivity index (χ0n) is 12.5. The van der Waals surface area contributed by atoms with Crippen molar-refractivity contribution in [3.8, 4) is 11.5 Å². The van der Waals surface area contributed by atoms with Gasteiger partial charge in [0, 0.05) is 15.5 Å². The number of amides is 1. The van der Waals surface area contributed by atoms with E-state index >= 15 is 0 Å². The van der Waals surface area contributed by atoms with Crippen molar-refractivity contribution in [3.05, 3.63) is 57.4 Å². The maximum atomic E-state index is 12.5. The number of thiazole rings is 1. The summed E-state index contributed by atoms with van der Waals surface area (Å²) in [7, 11) is 0. The van der Waals surface area contributed by atoms with Gasteiger partial charge in [-0.15, -0.1) is 22.7 Å². The minimum atomic E-state index is -0.252. The van der Waals surface area contributed by atoms with E-state index in [2.05, 4.69) is 10.3 Å². The molecule has 0 aliphatic carbocycles. The summed E-state index contributed by atoms with van der Waals surface area (Å²) in [6, 6.07) is 11.4. The fourth-order valence-electron chi connectivity index (χ4n) is 2.33. The van der Waals surface area contributed by atoms with Gasteiger partial charge in [-0.1, -0.05) is 29.8 Å². The van der Waals surface area contributed by atoms with Gasteiger partial charge >= 0.3 is 0 Å². The Morgan fingerprint density at radius 2 is 2.08 bits per heavy atom. The van der Waals surface area contributed by atoms with Crippen LogP contribution in [0.3, 0.4) is 0 Å². The van der Waals surface area contributed by atoms with E-state index in [9.17, 15) is 4.79 Å². The van der Waals surface area contributed by atoms with Gasteiger partial charge < -0.3 is 4.42 Å². The van der Waals surface area contributed by atoms with Crippen molar-refractivity contribution < 1.29 is 9.21 Å². The molecule has 0 saturated heterocycles. The summed E-state index contributed by atoms with van der Waals surface area (Å²) in [5.41, 5.74) is 0.700. The second kappa shape index (κ2) is 6.05. The number of anilines is 1. The first kappa shape index (κ1) is 15.4. The Labute approximate surface area is 150 Å². The number of hydrogen-bond donors (Lipinski definition) is 1. The van der Waals surface area contributed by atoms with Gasteiger partial charge in [0.2, 0.25) is 0 Å². The summed E-state index contributed by atoms with van der Waals surface area (Å²) in [6.07, 6.45) is 0. The molecule has 0 aliphatic heterocycles. The molecule has 120 valence electrons. The first-order valence-corrected chi connectivity index (χ1v) is 9.20. The van der Waals surface area contributed by atoms with Crippen LogP contribution in [0, 0.1) is 6.92 Å². The van der Waals surface area contributed by atoms with Crippen LogP contribution in [0.5, 0.6) is 0 Å². The predicted octanol–water partition coefficient (Wildman–Crippen LogP) is 5.83. The Hall–Kier alpha value is -2.15. The molecule has 0 atom stereocenters. The van der Waals surface area contributed by atoms with Crippen molar-refractivity contribution >= 4 is 55.4 Å². The van der Waals surface area contributed by atoms with Crippen LogP contribution in [-0.2, 0) is 0 Å². The highest BCUT2D eigenvalue weighted by atomic mass is 35.5. The van der Waals surface area contributed by atoms with E-state index in [-0.39, 0.29) is 5.91 Å². The normalized spacial score (nSPS) is 11.1. The third kappa shape index (κ3) is 2.73. The highest BCUT2D eigenvalue weighted by Gasteiger charge is 2.18. The predicted molar refractivity (Wildman–Crippen MR) is 99.3 cm³/mol. The van der Waals surface area contributed by atoms with Crippen molar-refractivity contribution in [2.45, 2.75) is 6.92 Å². The molecule has 7 heteroatoms. The second-order valence-corrected chi connectivity index (χ2v) is 7.43. The number of carbonyl (C=O) groups is 1. The number of fused-ring (bicyclic) bond motifs is 1. The molecule has 0 radical (unpaired) electrons. The topological polar surface area (TPSA) is 55.1 Å².